The summed E-state index contributed by atoms with van der Waals surface area (Å²) in [5.41, 5.74) is 5.80. The molecule has 5 rings (SSSR count). The normalized spacial score (nSPS) is 13.8. The predicted molar refractivity (Wildman–Crippen MR) is 129 cm³/mol. The van der Waals surface area contributed by atoms with Gasteiger partial charge in [0, 0.05) is 17.4 Å². The van der Waals surface area contributed by atoms with Gasteiger partial charge in [-0.1, -0.05) is 72.0 Å². The lowest BCUT2D eigenvalue weighted by Gasteiger charge is -2.12. The Labute approximate surface area is 189 Å². The Morgan fingerprint density at radius 2 is 1.69 bits per heavy atom. The quantitative estimate of drug-likeness (QED) is 0.410. The largest absolute Gasteiger partial charge is 0.493 e. The van der Waals surface area contributed by atoms with Gasteiger partial charge < -0.3 is 9.84 Å². The second-order valence-corrected chi connectivity index (χ2v) is 8.44. The van der Waals surface area contributed by atoms with E-state index >= 15 is 0 Å². The molecule has 32 heavy (non-hydrogen) atoms. The van der Waals surface area contributed by atoms with Crippen LogP contribution in [-0.4, -0.2) is 16.3 Å². The molecule has 4 aromatic rings. The van der Waals surface area contributed by atoms with Crippen molar-refractivity contribution in [3.63, 3.8) is 0 Å². The van der Waals surface area contributed by atoms with Crippen molar-refractivity contribution in [1.29, 1.82) is 0 Å². The fourth-order valence-corrected chi connectivity index (χ4v) is 4.52. The van der Waals surface area contributed by atoms with E-state index in [1.165, 1.54) is 0 Å². The third kappa shape index (κ3) is 4.13. The number of hydrogen-bond donors (Lipinski definition) is 2. The fraction of sp³-hybridized carbons (Fsp3) is 0.0769. The van der Waals surface area contributed by atoms with Gasteiger partial charge >= 0.3 is 4.87 Å². The van der Waals surface area contributed by atoms with Gasteiger partial charge in [0.2, 0.25) is 5.88 Å². The van der Waals surface area contributed by atoms with Crippen molar-refractivity contribution in [1.82, 2.24) is 4.98 Å². The molecule has 0 unspecified atom stereocenters. The molecule has 2 N–H and O–H groups in total. The Morgan fingerprint density at radius 1 is 0.938 bits per heavy atom. The van der Waals surface area contributed by atoms with Gasteiger partial charge in [0.25, 0.3) is 0 Å². The smallest absolute Gasteiger partial charge is 0.307 e. The monoisotopic (exact) mass is 440 g/mol. The molecule has 0 saturated carbocycles. The van der Waals surface area contributed by atoms with Crippen LogP contribution in [0.3, 0.4) is 0 Å². The molecule has 0 amide bonds. The van der Waals surface area contributed by atoms with Crippen LogP contribution in [0.2, 0.25) is 0 Å². The number of aromatic amines is 1. The molecule has 0 aliphatic carbocycles. The molecule has 3 aromatic carbocycles. The van der Waals surface area contributed by atoms with E-state index in [1.807, 2.05) is 78.9 Å². The fourth-order valence-electron chi connectivity index (χ4n) is 3.73. The lowest BCUT2D eigenvalue weighted by Crippen LogP contribution is -1.97. The molecule has 0 saturated heterocycles. The Morgan fingerprint density at radius 3 is 2.44 bits per heavy atom. The minimum absolute atomic E-state index is 0.108. The number of thiazole rings is 1. The van der Waals surface area contributed by atoms with Gasteiger partial charge in [-0.2, -0.15) is 0 Å². The summed E-state index contributed by atoms with van der Waals surface area (Å²) in [5.74, 6) is 0.678. The molecule has 2 heterocycles. The van der Waals surface area contributed by atoms with E-state index in [0.29, 0.717) is 17.9 Å². The van der Waals surface area contributed by atoms with Crippen LogP contribution in [0.15, 0.2) is 88.6 Å². The maximum Gasteiger partial charge on any atom is 0.307 e. The highest BCUT2D eigenvalue weighted by Gasteiger charge is 2.21. The number of rotatable bonds is 6. The Hall–Kier alpha value is -3.90. The summed E-state index contributed by atoms with van der Waals surface area (Å²) in [5, 5.41) is 10.4. The van der Waals surface area contributed by atoms with Gasteiger partial charge in [0.1, 0.15) is 12.4 Å². The number of H-pyrrole nitrogens is 1. The molecule has 0 radical (unpaired) electrons. The highest BCUT2D eigenvalue weighted by atomic mass is 32.1. The van der Waals surface area contributed by atoms with Gasteiger partial charge in [-0.3, -0.25) is 14.8 Å². The Balaban J connectivity index is 1.44. The van der Waals surface area contributed by atoms with Crippen LogP contribution in [0.5, 0.6) is 11.6 Å². The van der Waals surface area contributed by atoms with Gasteiger partial charge in [-0.15, -0.1) is 0 Å². The number of ether oxygens (including phenoxy) is 1. The van der Waals surface area contributed by atoms with Crippen molar-refractivity contribution in [2.45, 2.75) is 13.0 Å². The molecule has 0 bridgehead atoms. The molecule has 5 nitrogen and oxygen atoms in total. The number of nitrogens with one attached hydrogen (secondary N) is 1. The summed E-state index contributed by atoms with van der Waals surface area (Å²) in [6.07, 6.45) is 2.34. The third-order valence-electron chi connectivity index (χ3n) is 5.31. The number of para-hydroxylation sites is 1. The lowest BCUT2D eigenvalue weighted by molar-refractivity contribution is 0.306. The molecule has 6 heteroatoms. The van der Waals surface area contributed by atoms with Crippen molar-refractivity contribution < 1.29 is 9.84 Å². The second kappa shape index (κ2) is 8.69. The van der Waals surface area contributed by atoms with Crippen LogP contribution < -0.4 is 9.61 Å². The zero-order valence-electron chi connectivity index (χ0n) is 17.1. The predicted octanol–water partition coefficient (Wildman–Crippen LogP) is 5.59. The van der Waals surface area contributed by atoms with Crippen LogP contribution in [-0.2, 0) is 13.0 Å². The second-order valence-electron chi connectivity index (χ2n) is 7.45. The third-order valence-corrected chi connectivity index (χ3v) is 6.24. The van der Waals surface area contributed by atoms with E-state index in [-0.39, 0.29) is 10.8 Å². The number of hydrogen-bond acceptors (Lipinski definition) is 5. The average Bonchev–Trinajstić information content (AvgIpc) is 3.40. The SMILES string of the molecule is O=c1[nH]c(O)c(C(Cc2ccc(OCc3ccccc3)cc2)=C2C=Nc3ccccc32)s1. The van der Waals surface area contributed by atoms with Crippen LogP contribution >= 0.6 is 11.3 Å². The van der Waals surface area contributed by atoms with Crippen LogP contribution in [0.4, 0.5) is 5.69 Å². The standard InChI is InChI=1S/C26H20N2O3S/c29-25-24(32-26(30)28-25)21(22-15-27-23-9-5-4-8-20(22)23)14-17-10-12-19(13-11-17)31-16-18-6-2-1-3-7-18/h1-13,15,29H,14,16H2,(H,28,30). The van der Waals surface area contributed by atoms with E-state index in [0.717, 1.165) is 50.6 Å². The molecular formula is C26H20N2O3S. The maximum atomic E-state index is 11.9. The van der Waals surface area contributed by atoms with Crippen molar-refractivity contribution in [2.24, 2.45) is 4.99 Å². The summed E-state index contributed by atoms with van der Waals surface area (Å²) in [7, 11) is 0. The van der Waals surface area contributed by atoms with Crippen molar-refractivity contribution in [3.8, 4) is 11.6 Å². The lowest BCUT2D eigenvalue weighted by atomic mass is 9.95. The van der Waals surface area contributed by atoms with E-state index < -0.39 is 0 Å². The van der Waals surface area contributed by atoms with Gasteiger partial charge in [-0.25, -0.2) is 0 Å². The molecule has 1 aliphatic heterocycles. The highest BCUT2D eigenvalue weighted by molar-refractivity contribution is 7.10. The molecule has 0 spiro atoms. The van der Waals surface area contributed by atoms with Crippen LogP contribution in [0.25, 0.3) is 11.1 Å². The van der Waals surface area contributed by atoms with Crippen molar-refractivity contribution in [2.75, 3.05) is 0 Å². The first-order chi connectivity index (χ1) is 15.7. The van der Waals surface area contributed by atoms with E-state index in [4.69, 9.17) is 4.74 Å². The molecule has 1 aromatic heterocycles. The van der Waals surface area contributed by atoms with E-state index in [9.17, 15) is 9.90 Å². The molecular weight excluding hydrogens is 420 g/mol. The number of fused-ring (bicyclic) bond motifs is 1. The summed E-state index contributed by atoms with van der Waals surface area (Å²) < 4.78 is 5.89. The maximum absolute atomic E-state index is 11.9. The van der Waals surface area contributed by atoms with Crippen LogP contribution in [0, 0.1) is 0 Å². The molecule has 158 valence electrons. The zero-order chi connectivity index (χ0) is 21.9. The Kier molecular flexibility index (Phi) is 5.44. The summed E-state index contributed by atoms with van der Waals surface area (Å²) >= 11 is 1.01. The minimum Gasteiger partial charge on any atom is -0.493 e. The first kappa shape index (κ1) is 20.0. The van der Waals surface area contributed by atoms with Crippen molar-refractivity contribution in [3.05, 3.63) is 110 Å². The summed E-state index contributed by atoms with van der Waals surface area (Å²) in [4.78, 5) is 19.1. The Bertz CT molecular complexity index is 1370. The molecule has 1 aliphatic rings. The van der Waals surface area contributed by atoms with Gasteiger partial charge in [0.05, 0.1) is 10.6 Å². The topological polar surface area (TPSA) is 74.7 Å². The van der Waals surface area contributed by atoms with Crippen molar-refractivity contribution >= 4 is 34.4 Å². The molecule has 0 fully saturated rings. The summed E-state index contributed by atoms with van der Waals surface area (Å²) in [6.45, 7) is 0.508. The zero-order valence-corrected chi connectivity index (χ0v) is 17.9. The van der Waals surface area contributed by atoms with E-state index in [1.54, 1.807) is 6.21 Å². The first-order valence-corrected chi connectivity index (χ1v) is 11.0. The highest BCUT2D eigenvalue weighted by Crippen LogP contribution is 2.40. The van der Waals surface area contributed by atoms with E-state index in [2.05, 4.69) is 9.98 Å². The number of allylic oxidation sites excluding steroid dienone is 2. The minimum atomic E-state index is -0.288. The van der Waals surface area contributed by atoms with Gasteiger partial charge in [-0.05, 0) is 41.3 Å². The average molecular weight is 441 g/mol. The number of aromatic nitrogens is 1. The van der Waals surface area contributed by atoms with Gasteiger partial charge in [0.15, 0.2) is 0 Å². The number of nitrogens with zero attached hydrogens (tertiary/aromatic N) is 1. The first-order valence-electron chi connectivity index (χ1n) is 10.2. The number of aliphatic imine (C=N–C) groups is 1. The number of benzene rings is 3. The van der Waals surface area contributed by atoms with Crippen LogP contribution in [0.1, 0.15) is 21.6 Å². The summed E-state index contributed by atoms with van der Waals surface area (Å²) in [6, 6.07) is 25.8. The molecule has 0 atom stereocenters. The number of aromatic hydroxyl groups is 1.